The highest BCUT2D eigenvalue weighted by Crippen LogP contribution is 2.27. The molecule has 1 saturated carbocycles. The molecule has 5 nitrogen and oxygen atoms in total. The average Bonchev–Trinajstić information content (AvgIpc) is 2.85. The van der Waals surface area contributed by atoms with Gasteiger partial charge in [0.1, 0.15) is 0 Å². The molecule has 0 aliphatic heterocycles. The lowest BCUT2D eigenvalue weighted by Gasteiger charge is -2.26. The predicted octanol–water partition coefficient (Wildman–Crippen LogP) is 2.87. The highest BCUT2D eigenvalue weighted by atomic mass is 32.2. The minimum atomic E-state index is 0.0494. The summed E-state index contributed by atoms with van der Waals surface area (Å²) in [6, 6.07) is 0.361. The van der Waals surface area contributed by atoms with Gasteiger partial charge >= 0.3 is 0 Å². The topological polar surface area (TPSA) is 68.0 Å². The molecule has 0 radical (unpaired) electrons. The van der Waals surface area contributed by atoms with Crippen molar-refractivity contribution in [2.24, 2.45) is 5.92 Å². The predicted molar refractivity (Wildman–Crippen MR) is 79.5 cm³/mol. The number of rotatable bonds is 5. The molecule has 112 valence electrons. The van der Waals surface area contributed by atoms with Crippen LogP contribution in [0.5, 0.6) is 0 Å². The normalized spacial score (nSPS) is 24.4. The Labute approximate surface area is 124 Å². The molecular weight excluding hydrogens is 274 g/mol. The van der Waals surface area contributed by atoms with Gasteiger partial charge in [-0.05, 0) is 45.4 Å². The minimum absolute atomic E-state index is 0.0494. The van der Waals surface area contributed by atoms with Crippen molar-refractivity contribution in [3.8, 4) is 0 Å². The molecule has 0 saturated heterocycles. The van der Waals surface area contributed by atoms with Crippen LogP contribution in [-0.4, -0.2) is 27.8 Å². The fraction of sp³-hybridized carbons (Fsp3) is 0.786. The second-order valence-corrected chi connectivity index (χ2v) is 6.99. The molecule has 0 unspecified atom stereocenters. The van der Waals surface area contributed by atoms with Gasteiger partial charge in [0.25, 0.3) is 0 Å². The zero-order valence-corrected chi connectivity index (χ0v) is 13.2. The minimum Gasteiger partial charge on any atom is -0.353 e. The van der Waals surface area contributed by atoms with Crippen molar-refractivity contribution in [2.45, 2.75) is 57.7 Å². The van der Waals surface area contributed by atoms with Crippen LogP contribution in [0.25, 0.3) is 0 Å². The summed E-state index contributed by atoms with van der Waals surface area (Å²) in [5.41, 5.74) is 0. The summed E-state index contributed by atoms with van der Waals surface area (Å²) in [5.74, 6) is 2.57. The average molecular weight is 297 g/mol. The lowest BCUT2D eigenvalue weighted by atomic mass is 9.87. The van der Waals surface area contributed by atoms with E-state index in [1.54, 1.807) is 6.92 Å². The van der Waals surface area contributed by atoms with Gasteiger partial charge in [0.05, 0.1) is 11.0 Å². The van der Waals surface area contributed by atoms with E-state index in [-0.39, 0.29) is 11.2 Å². The number of aryl methyl sites for hydroxylation is 1. The molecule has 1 fully saturated rings. The molecular formula is C14H23N3O2S. The SMILES string of the molecule is Cc1noc([C@H](C)SCC(=O)NC2CCC(C)CC2)n1. The second kappa shape index (κ2) is 7.11. The number of nitrogens with zero attached hydrogens (tertiary/aromatic N) is 2. The van der Waals surface area contributed by atoms with Crippen molar-refractivity contribution in [3.63, 3.8) is 0 Å². The van der Waals surface area contributed by atoms with Crippen molar-refractivity contribution in [2.75, 3.05) is 5.75 Å². The van der Waals surface area contributed by atoms with Crippen LogP contribution >= 0.6 is 11.8 Å². The number of carbonyl (C=O) groups is 1. The summed E-state index contributed by atoms with van der Waals surface area (Å²) in [4.78, 5) is 16.1. The molecule has 6 heteroatoms. The van der Waals surface area contributed by atoms with E-state index in [1.165, 1.54) is 24.6 Å². The Kier molecular flexibility index (Phi) is 5.46. The summed E-state index contributed by atoms with van der Waals surface area (Å²) < 4.78 is 5.11. The van der Waals surface area contributed by atoms with Crippen LogP contribution in [0.4, 0.5) is 0 Å². The van der Waals surface area contributed by atoms with Gasteiger partial charge in [-0.2, -0.15) is 4.98 Å². The van der Waals surface area contributed by atoms with E-state index in [0.29, 0.717) is 23.5 Å². The number of nitrogens with one attached hydrogen (secondary N) is 1. The molecule has 20 heavy (non-hydrogen) atoms. The Bertz CT molecular complexity index is 441. The van der Waals surface area contributed by atoms with Crippen molar-refractivity contribution in [1.29, 1.82) is 0 Å². The van der Waals surface area contributed by atoms with Crippen LogP contribution in [0.3, 0.4) is 0 Å². The molecule has 1 atom stereocenters. The molecule has 0 aromatic carbocycles. The van der Waals surface area contributed by atoms with Gasteiger partial charge in [0.2, 0.25) is 11.8 Å². The first kappa shape index (κ1) is 15.4. The summed E-state index contributed by atoms with van der Waals surface area (Å²) in [7, 11) is 0. The summed E-state index contributed by atoms with van der Waals surface area (Å²) in [6.07, 6.45) is 4.65. The van der Waals surface area contributed by atoms with Gasteiger partial charge in [0.15, 0.2) is 5.82 Å². The molecule has 1 aromatic heterocycles. The standard InChI is InChI=1S/C14H23N3O2S/c1-9-4-6-12(7-5-9)16-13(18)8-20-10(2)14-15-11(3)17-19-14/h9-10,12H,4-8H2,1-3H3,(H,16,18)/t9?,10-,12?/m0/s1. The monoisotopic (exact) mass is 297 g/mol. The largest absolute Gasteiger partial charge is 0.353 e. The van der Waals surface area contributed by atoms with Gasteiger partial charge in [0, 0.05) is 6.04 Å². The highest BCUT2D eigenvalue weighted by molar-refractivity contribution is 8.00. The fourth-order valence-corrected chi connectivity index (χ4v) is 3.15. The number of amides is 1. The first-order chi connectivity index (χ1) is 9.54. The van der Waals surface area contributed by atoms with Crippen molar-refractivity contribution < 1.29 is 9.32 Å². The van der Waals surface area contributed by atoms with Crippen molar-refractivity contribution in [3.05, 3.63) is 11.7 Å². The molecule has 2 rings (SSSR count). The Morgan fingerprint density at radius 2 is 2.15 bits per heavy atom. The molecule has 0 spiro atoms. The Hall–Kier alpha value is -1.04. The third-order valence-electron chi connectivity index (χ3n) is 3.74. The second-order valence-electron chi connectivity index (χ2n) is 5.66. The van der Waals surface area contributed by atoms with Crippen LogP contribution in [-0.2, 0) is 4.79 Å². The van der Waals surface area contributed by atoms with Gasteiger partial charge < -0.3 is 9.84 Å². The molecule has 1 heterocycles. The first-order valence-corrected chi connectivity index (χ1v) is 8.30. The highest BCUT2D eigenvalue weighted by Gasteiger charge is 2.20. The van der Waals surface area contributed by atoms with E-state index < -0.39 is 0 Å². The Balaban J connectivity index is 1.69. The van der Waals surface area contributed by atoms with Gasteiger partial charge in [-0.25, -0.2) is 0 Å². The Morgan fingerprint density at radius 3 is 2.75 bits per heavy atom. The Morgan fingerprint density at radius 1 is 1.45 bits per heavy atom. The maximum atomic E-state index is 11.9. The van der Waals surface area contributed by atoms with E-state index in [4.69, 9.17) is 4.52 Å². The number of aromatic nitrogens is 2. The van der Waals surface area contributed by atoms with E-state index in [1.807, 2.05) is 6.92 Å². The van der Waals surface area contributed by atoms with Crippen molar-refractivity contribution >= 4 is 17.7 Å². The maximum absolute atomic E-state index is 11.9. The van der Waals surface area contributed by atoms with Crippen molar-refractivity contribution in [1.82, 2.24) is 15.5 Å². The van der Waals surface area contributed by atoms with Crippen LogP contribution in [0, 0.1) is 12.8 Å². The maximum Gasteiger partial charge on any atom is 0.239 e. The van der Waals surface area contributed by atoms with Gasteiger partial charge in [-0.15, -0.1) is 11.8 Å². The fourth-order valence-electron chi connectivity index (χ4n) is 2.42. The summed E-state index contributed by atoms with van der Waals surface area (Å²) in [5, 5.41) is 6.94. The third kappa shape index (κ3) is 4.51. The van der Waals surface area contributed by atoms with Crippen LogP contribution in [0.2, 0.25) is 0 Å². The number of carbonyl (C=O) groups excluding carboxylic acids is 1. The van der Waals surface area contributed by atoms with Crippen LogP contribution in [0.15, 0.2) is 4.52 Å². The smallest absolute Gasteiger partial charge is 0.239 e. The molecule has 1 aromatic rings. The van der Waals surface area contributed by atoms with Crippen LogP contribution in [0.1, 0.15) is 56.5 Å². The van der Waals surface area contributed by atoms with Crippen LogP contribution < -0.4 is 5.32 Å². The number of thioether (sulfide) groups is 1. The van der Waals surface area contributed by atoms with E-state index in [2.05, 4.69) is 22.4 Å². The number of hydrogen-bond donors (Lipinski definition) is 1. The third-order valence-corrected chi connectivity index (χ3v) is 4.87. The quantitative estimate of drug-likeness (QED) is 0.905. The van der Waals surface area contributed by atoms with Gasteiger partial charge in [-0.3, -0.25) is 4.79 Å². The zero-order chi connectivity index (χ0) is 14.5. The molecule has 1 aliphatic carbocycles. The summed E-state index contributed by atoms with van der Waals surface area (Å²) >= 11 is 1.53. The first-order valence-electron chi connectivity index (χ1n) is 7.25. The number of hydrogen-bond acceptors (Lipinski definition) is 5. The van der Waals surface area contributed by atoms with E-state index in [9.17, 15) is 4.79 Å². The zero-order valence-electron chi connectivity index (χ0n) is 12.4. The summed E-state index contributed by atoms with van der Waals surface area (Å²) in [6.45, 7) is 6.05. The lowest BCUT2D eigenvalue weighted by molar-refractivity contribution is -0.119. The molecule has 1 amide bonds. The van der Waals surface area contributed by atoms with Gasteiger partial charge in [-0.1, -0.05) is 12.1 Å². The molecule has 0 bridgehead atoms. The van der Waals surface area contributed by atoms with E-state index in [0.717, 1.165) is 18.8 Å². The molecule has 1 aliphatic rings. The lowest BCUT2D eigenvalue weighted by Crippen LogP contribution is -2.38. The van der Waals surface area contributed by atoms with E-state index >= 15 is 0 Å². The molecule has 1 N–H and O–H groups in total.